The topological polar surface area (TPSA) is 71.1 Å². The fourth-order valence-electron chi connectivity index (χ4n) is 4.22. The molecule has 0 N–H and O–H groups in total. The van der Waals surface area contributed by atoms with Gasteiger partial charge in [-0.15, -0.1) is 0 Å². The van der Waals surface area contributed by atoms with Crippen molar-refractivity contribution in [1.82, 2.24) is 0 Å². The van der Waals surface area contributed by atoms with Gasteiger partial charge in [0.1, 0.15) is 0 Å². The highest BCUT2D eigenvalue weighted by molar-refractivity contribution is 5.78. The molecule has 1 aromatic rings. The van der Waals surface area contributed by atoms with E-state index in [9.17, 15) is 9.59 Å². The van der Waals surface area contributed by atoms with Crippen LogP contribution in [0, 0.1) is 11.3 Å². The zero-order valence-electron chi connectivity index (χ0n) is 20.1. The summed E-state index contributed by atoms with van der Waals surface area (Å²) in [5.74, 6) is -1.33. The van der Waals surface area contributed by atoms with Crippen LogP contribution in [0.25, 0.3) is 0 Å². The van der Waals surface area contributed by atoms with E-state index in [1.807, 2.05) is 58.0 Å². The molecule has 0 fully saturated rings. The van der Waals surface area contributed by atoms with Crippen molar-refractivity contribution in [3.8, 4) is 0 Å². The van der Waals surface area contributed by atoms with E-state index in [4.69, 9.17) is 9.78 Å². The van der Waals surface area contributed by atoms with Gasteiger partial charge in [0.2, 0.25) is 0 Å². The van der Waals surface area contributed by atoms with Crippen LogP contribution >= 0.6 is 0 Å². The molecule has 0 aromatic heterocycles. The van der Waals surface area contributed by atoms with Crippen molar-refractivity contribution in [3.63, 3.8) is 0 Å². The fraction of sp³-hybridized carbons (Fsp3) is 0.680. The predicted molar refractivity (Wildman–Crippen MR) is 119 cm³/mol. The van der Waals surface area contributed by atoms with Gasteiger partial charge in [-0.2, -0.15) is 0 Å². The SMILES string of the molecule is CCCCC(CC)C(=O)OOOOC(=O)C(CC)(CCCC)C(C)(C)c1ccccc1. The maximum atomic E-state index is 13.2. The van der Waals surface area contributed by atoms with Crippen LogP contribution in [0.4, 0.5) is 0 Å². The third kappa shape index (κ3) is 7.04. The summed E-state index contributed by atoms with van der Waals surface area (Å²) in [4.78, 5) is 35.0. The lowest BCUT2D eigenvalue weighted by Crippen LogP contribution is -2.48. The van der Waals surface area contributed by atoms with Crippen molar-refractivity contribution < 1.29 is 29.4 Å². The summed E-state index contributed by atoms with van der Waals surface area (Å²) < 4.78 is 0. The molecule has 6 heteroatoms. The van der Waals surface area contributed by atoms with Crippen molar-refractivity contribution in [3.05, 3.63) is 35.9 Å². The molecule has 0 amide bonds. The first-order valence-electron chi connectivity index (χ1n) is 11.6. The minimum absolute atomic E-state index is 0.268. The molecule has 0 bridgehead atoms. The molecule has 0 saturated carbocycles. The van der Waals surface area contributed by atoms with Gasteiger partial charge in [0, 0.05) is 15.5 Å². The average molecular weight is 437 g/mol. The van der Waals surface area contributed by atoms with Gasteiger partial charge >= 0.3 is 11.9 Å². The molecule has 176 valence electrons. The molecule has 0 aliphatic rings. The van der Waals surface area contributed by atoms with Crippen molar-refractivity contribution in [2.75, 3.05) is 0 Å². The van der Waals surface area contributed by atoms with Gasteiger partial charge in [-0.3, -0.25) is 9.78 Å². The van der Waals surface area contributed by atoms with Gasteiger partial charge in [-0.1, -0.05) is 97.6 Å². The highest BCUT2D eigenvalue weighted by Crippen LogP contribution is 2.48. The Morgan fingerprint density at radius 3 is 2.06 bits per heavy atom. The minimum Gasteiger partial charge on any atom is -0.266 e. The third-order valence-electron chi connectivity index (χ3n) is 6.63. The van der Waals surface area contributed by atoms with E-state index < -0.39 is 22.8 Å². The number of carbonyl (C=O) groups is 2. The maximum Gasteiger partial charge on any atom is 0.352 e. The van der Waals surface area contributed by atoms with Gasteiger partial charge in [0.25, 0.3) is 0 Å². The summed E-state index contributed by atoms with van der Waals surface area (Å²) in [6, 6.07) is 9.91. The van der Waals surface area contributed by atoms with Gasteiger partial charge in [-0.25, -0.2) is 9.59 Å². The molecule has 0 radical (unpaired) electrons. The number of hydrogen-bond acceptors (Lipinski definition) is 6. The Bertz CT molecular complexity index is 657. The molecular weight excluding hydrogens is 396 g/mol. The van der Waals surface area contributed by atoms with Crippen LogP contribution in [-0.4, -0.2) is 11.9 Å². The second-order valence-electron chi connectivity index (χ2n) is 8.69. The monoisotopic (exact) mass is 436 g/mol. The molecule has 1 rings (SSSR count). The lowest BCUT2D eigenvalue weighted by atomic mass is 9.58. The molecule has 0 heterocycles. The lowest BCUT2D eigenvalue weighted by molar-refractivity contribution is -0.602. The van der Waals surface area contributed by atoms with E-state index in [1.54, 1.807) is 0 Å². The molecule has 1 aromatic carbocycles. The standard InChI is InChI=1S/C25H40O6/c1-7-11-16-20(9-3)22(26)28-30-31-29-23(27)25(10-4,19-12-8-2)24(5,6)21-17-14-13-15-18-21/h13-15,17-18,20H,7-12,16,19H2,1-6H3. The van der Waals surface area contributed by atoms with E-state index in [0.29, 0.717) is 19.3 Å². The lowest BCUT2D eigenvalue weighted by Gasteiger charge is -2.44. The summed E-state index contributed by atoms with van der Waals surface area (Å²) in [5.41, 5.74) is -0.299. The zero-order chi connectivity index (χ0) is 23.3. The van der Waals surface area contributed by atoms with E-state index in [2.05, 4.69) is 23.9 Å². The molecule has 2 unspecified atom stereocenters. The van der Waals surface area contributed by atoms with E-state index in [0.717, 1.165) is 37.7 Å². The van der Waals surface area contributed by atoms with Crippen LogP contribution < -0.4 is 0 Å². The number of benzene rings is 1. The van der Waals surface area contributed by atoms with E-state index >= 15 is 0 Å². The largest absolute Gasteiger partial charge is 0.352 e. The molecule has 0 spiro atoms. The van der Waals surface area contributed by atoms with Crippen molar-refractivity contribution in [2.24, 2.45) is 11.3 Å². The summed E-state index contributed by atoms with van der Waals surface area (Å²) in [5, 5.41) is 9.09. The van der Waals surface area contributed by atoms with Gasteiger partial charge in [0.15, 0.2) is 0 Å². The summed E-state index contributed by atoms with van der Waals surface area (Å²) >= 11 is 0. The number of hydrogen-bond donors (Lipinski definition) is 0. The Balaban J connectivity index is 2.84. The molecule has 6 nitrogen and oxygen atoms in total. The second kappa shape index (κ2) is 13.5. The number of carbonyl (C=O) groups excluding carboxylic acids is 2. The van der Waals surface area contributed by atoms with Crippen LogP contribution in [0.3, 0.4) is 0 Å². The minimum atomic E-state index is -0.829. The van der Waals surface area contributed by atoms with Crippen LogP contribution in [0.2, 0.25) is 0 Å². The normalized spacial score (nSPS) is 14.5. The first-order chi connectivity index (χ1) is 14.8. The van der Waals surface area contributed by atoms with Crippen LogP contribution in [0.1, 0.15) is 98.5 Å². The van der Waals surface area contributed by atoms with Gasteiger partial charge < -0.3 is 0 Å². The first kappa shape index (κ1) is 27.1. The summed E-state index contributed by atoms with van der Waals surface area (Å²) in [7, 11) is 0. The maximum absolute atomic E-state index is 13.2. The molecular formula is C25H40O6. The average Bonchev–Trinajstić information content (AvgIpc) is 2.78. The van der Waals surface area contributed by atoms with Crippen LogP contribution in [0.15, 0.2) is 30.3 Å². The Labute approximate surface area is 187 Å². The molecule has 0 aliphatic heterocycles. The quantitative estimate of drug-likeness (QED) is 0.174. The molecule has 0 saturated heterocycles. The van der Waals surface area contributed by atoms with Gasteiger partial charge in [-0.05, 0) is 31.2 Å². The Morgan fingerprint density at radius 2 is 1.52 bits per heavy atom. The molecule has 0 aliphatic carbocycles. The summed E-state index contributed by atoms with van der Waals surface area (Å²) in [6.45, 7) is 12.1. The molecule has 2 atom stereocenters. The molecule has 31 heavy (non-hydrogen) atoms. The Morgan fingerprint density at radius 1 is 0.903 bits per heavy atom. The van der Waals surface area contributed by atoms with Gasteiger partial charge in [0.05, 0.1) is 11.3 Å². The Kier molecular flexibility index (Phi) is 11.8. The second-order valence-corrected chi connectivity index (χ2v) is 8.69. The first-order valence-corrected chi connectivity index (χ1v) is 11.6. The highest BCUT2D eigenvalue weighted by atomic mass is 17.7. The highest BCUT2D eigenvalue weighted by Gasteiger charge is 2.52. The van der Waals surface area contributed by atoms with Crippen LogP contribution in [0.5, 0.6) is 0 Å². The fourth-order valence-corrected chi connectivity index (χ4v) is 4.22. The third-order valence-corrected chi connectivity index (χ3v) is 6.63. The Hall–Kier alpha value is -1.92. The predicted octanol–water partition coefficient (Wildman–Crippen LogP) is 6.63. The van der Waals surface area contributed by atoms with Crippen molar-refractivity contribution >= 4 is 11.9 Å². The van der Waals surface area contributed by atoms with E-state index in [1.165, 1.54) is 0 Å². The smallest absolute Gasteiger partial charge is 0.266 e. The van der Waals surface area contributed by atoms with Crippen LogP contribution in [-0.2, 0) is 34.9 Å². The summed E-state index contributed by atoms with van der Waals surface area (Å²) in [6.07, 6.45) is 6.29. The van der Waals surface area contributed by atoms with E-state index in [-0.39, 0.29) is 5.92 Å². The number of unbranched alkanes of at least 4 members (excludes halogenated alkanes) is 2. The zero-order valence-corrected chi connectivity index (χ0v) is 20.1. The van der Waals surface area contributed by atoms with Crippen molar-refractivity contribution in [1.29, 1.82) is 0 Å². The number of rotatable bonds is 15. The van der Waals surface area contributed by atoms with Crippen molar-refractivity contribution in [2.45, 2.75) is 98.3 Å².